The highest BCUT2D eigenvalue weighted by molar-refractivity contribution is 7.99. The molecule has 3 rings (SSSR count). The molecule has 2 atom stereocenters. The van der Waals surface area contributed by atoms with Crippen LogP contribution in [0.1, 0.15) is 56.7 Å². The second-order valence-corrected chi connectivity index (χ2v) is 8.99. The molecular weight excluding hydrogens is 364 g/mol. The maximum Gasteiger partial charge on any atom is 0.143 e. The third-order valence-electron chi connectivity index (χ3n) is 5.88. The van der Waals surface area contributed by atoms with Crippen LogP contribution in [0.2, 0.25) is 0 Å². The van der Waals surface area contributed by atoms with Crippen LogP contribution in [-0.2, 0) is 0 Å². The molecule has 0 saturated carbocycles. The van der Waals surface area contributed by atoms with E-state index in [0.29, 0.717) is 0 Å². The van der Waals surface area contributed by atoms with Gasteiger partial charge in [0.15, 0.2) is 0 Å². The van der Waals surface area contributed by atoms with Crippen LogP contribution in [0.3, 0.4) is 0 Å². The monoisotopic (exact) mass is 398 g/mol. The van der Waals surface area contributed by atoms with E-state index in [1.807, 2.05) is 11.8 Å². The van der Waals surface area contributed by atoms with Crippen molar-refractivity contribution < 1.29 is 4.74 Å². The van der Waals surface area contributed by atoms with Gasteiger partial charge >= 0.3 is 0 Å². The van der Waals surface area contributed by atoms with E-state index < -0.39 is 0 Å². The van der Waals surface area contributed by atoms with Gasteiger partial charge in [0.1, 0.15) is 5.75 Å². The van der Waals surface area contributed by atoms with Gasteiger partial charge in [-0.2, -0.15) is 0 Å². The Bertz CT molecular complexity index is 778. The summed E-state index contributed by atoms with van der Waals surface area (Å²) < 4.78 is 5.72. The summed E-state index contributed by atoms with van der Waals surface area (Å²) >= 11 is 1.98. The van der Waals surface area contributed by atoms with Gasteiger partial charge in [0, 0.05) is 30.3 Å². The van der Waals surface area contributed by atoms with Crippen molar-refractivity contribution in [3.63, 3.8) is 0 Å². The fourth-order valence-corrected chi connectivity index (χ4v) is 5.42. The van der Waals surface area contributed by atoms with Crippen molar-refractivity contribution in [3.05, 3.63) is 53.6 Å². The van der Waals surface area contributed by atoms with E-state index in [0.717, 1.165) is 23.6 Å². The number of ether oxygens (including phenoxy) is 1. The highest BCUT2D eigenvalue weighted by atomic mass is 32.2. The highest BCUT2D eigenvalue weighted by Crippen LogP contribution is 2.44. The zero-order valence-electron chi connectivity index (χ0n) is 17.9. The number of nitrogens with one attached hydrogen (secondary N) is 1. The lowest BCUT2D eigenvalue weighted by atomic mass is 9.88. The molecule has 1 N–H and O–H groups in total. The van der Waals surface area contributed by atoms with Gasteiger partial charge in [0.05, 0.1) is 18.8 Å². The molecule has 1 aliphatic heterocycles. The molecule has 1 heterocycles. The number of nitrogens with zero attached hydrogens (tertiary/aromatic N) is 1. The lowest BCUT2D eigenvalue weighted by molar-refractivity contribution is 0.298. The van der Waals surface area contributed by atoms with E-state index >= 15 is 0 Å². The number of fused-ring (bicyclic) bond motifs is 1. The van der Waals surface area contributed by atoms with Gasteiger partial charge in [-0.3, -0.25) is 5.32 Å². The van der Waals surface area contributed by atoms with E-state index in [1.165, 1.54) is 35.3 Å². The standard InChI is InChI=1S/C24H34N2OS/c1-6-8-14-24(7-2)17-28-22-16-21(27-5)20(26(3)4)15-19(22)23(25-24)18-12-10-9-11-13-18/h9-13,15-16,23,25H,6-8,14,17H2,1-5H3/t23?,24-/m1/s1. The second-order valence-electron chi connectivity index (χ2n) is 7.97. The molecule has 0 radical (unpaired) electrons. The zero-order chi connectivity index (χ0) is 20.1. The average molecular weight is 399 g/mol. The van der Waals surface area contributed by atoms with Crippen molar-refractivity contribution in [3.8, 4) is 5.75 Å². The fourth-order valence-electron chi connectivity index (χ4n) is 4.02. The lowest BCUT2D eigenvalue weighted by Gasteiger charge is -2.36. The number of hydrogen-bond acceptors (Lipinski definition) is 4. The molecule has 0 aliphatic carbocycles. The van der Waals surface area contributed by atoms with Crippen molar-refractivity contribution in [1.82, 2.24) is 5.32 Å². The van der Waals surface area contributed by atoms with Crippen LogP contribution in [0.15, 0.2) is 47.4 Å². The zero-order valence-corrected chi connectivity index (χ0v) is 18.7. The van der Waals surface area contributed by atoms with E-state index in [-0.39, 0.29) is 11.6 Å². The van der Waals surface area contributed by atoms with Crippen molar-refractivity contribution >= 4 is 17.4 Å². The molecule has 152 valence electrons. The predicted molar refractivity (Wildman–Crippen MR) is 122 cm³/mol. The summed E-state index contributed by atoms with van der Waals surface area (Å²) in [4.78, 5) is 3.47. The first kappa shape index (κ1) is 21.1. The summed E-state index contributed by atoms with van der Waals surface area (Å²) in [5, 5.41) is 4.11. The Morgan fingerprint density at radius 2 is 1.93 bits per heavy atom. The molecule has 0 bridgehead atoms. The molecule has 0 spiro atoms. The number of hydrogen-bond donors (Lipinski definition) is 1. The third-order valence-corrected chi connectivity index (χ3v) is 7.24. The molecule has 0 aromatic heterocycles. The van der Waals surface area contributed by atoms with Gasteiger partial charge in [-0.15, -0.1) is 11.8 Å². The van der Waals surface area contributed by atoms with Crippen LogP contribution in [0.4, 0.5) is 5.69 Å². The van der Waals surface area contributed by atoms with Crippen LogP contribution in [-0.4, -0.2) is 32.5 Å². The van der Waals surface area contributed by atoms with E-state index in [9.17, 15) is 0 Å². The van der Waals surface area contributed by atoms with Crippen LogP contribution in [0.5, 0.6) is 5.75 Å². The van der Waals surface area contributed by atoms with Gasteiger partial charge in [0.2, 0.25) is 0 Å². The first-order valence-electron chi connectivity index (χ1n) is 10.4. The minimum atomic E-state index is 0.145. The Morgan fingerprint density at radius 3 is 2.54 bits per heavy atom. The molecule has 0 fully saturated rings. The number of benzene rings is 2. The largest absolute Gasteiger partial charge is 0.495 e. The van der Waals surface area contributed by atoms with Crippen molar-refractivity contribution in [2.45, 2.75) is 56.0 Å². The summed E-state index contributed by atoms with van der Waals surface area (Å²) in [7, 11) is 5.92. The number of thioether (sulfide) groups is 1. The van der Waals surface area contributed by atoms with E-state index in [1.54, 1.807) is 7.11 Å². The van der Waals surface area contributed by atoms with Crippen LogP contribution in [0, 0.1) is 0 Å². The normalized spacial score (nSPS) is 21.7. The number of anilines is 1. The van der Waals surface area contributed by atoms with Crippen LogP contribution in [0.25, 0.3) is 0 Å². The molecule has 1 aliphatic rings. The van der Waals surface area contributed by atoms with Crippen molar-refractivity contribution in [1.29, 1.82) is 0 Å². The summed E-state index contributed by atoms with van der Waals surface area (Å²) in [6.07, 6.45) is 4.83. The topological polar surface area (TPSA) is 24.5 Å². The third kappa shape index (κ3) is 4.33. The second kappa shape index (κ2) is 9.23. The predicted octanol–water partition coefficient (Wildman–Crippen LogP) is 5.88. The Morgan fingerprint density at radius 1 is 1.18 bits per heavy atom. The minimum absolute atomic E-state index is 0.145. The van der Waals surface area contributed by atoms with Gasteiger partial charge in [-0.05, 0) is 36.1 Å². The van der Waals surface area contributed by atoms with Gasteiger partial charge in [-0.25, -0.2) is 0 Å². The Kier molecular flexibility index (Phi) is 6.95. The van der Waals surface area contributed by atoms with Gasteiger partial charge in [-0.1, -0.05) is 57.0 Å². The minimum Gasteiger partial charge on any atom is -0.495 e. The number of rotatable bonds is 7. The summed E-state index contributed by atoms with van der Waals surface area (Å²) in [6, 6.07) is 15.6. The van der Waals surface area contributed by atoms with Crippen molar-refractivity contribution in [2.75, 3.05) is 31.9 Å². The van der Waals surface area contributed by atoms with E-state index in [2.05, 4.69) is 80.6 Å². The molecule has 28 heavy (non-hydrogen) atoms. The maximum atomic E-state index is 5.72. The molecule has 4 heteroatoms. The molecule has 0 amide bonds. The summed E-state index contributed by atoms with van der Waals surface area (Å²) in [6.45, 7) is 4.61. The fraction of sp³-hybridized carbons (Fsp3) is 0.500. The molecule has 0 saturated heterocycles. The first-order valence-corrected chi connectivity index (χ1v) is 11.4. The highest BCUT2D eigenvalue weighted by Gasteiger charge is 2.36. The molecular formula is C24H34N2OS. The van der Waals surface area contributed by atoms with Crippen LogP contribution >= 0.6 is 11.8 Å². The Balaban J connectivity index is 2.13. The first-order chi connectivity index (χ1) is 13.5. The molecule has 1 unspecified atom stereocenters. The van der Waals surface area contributed by atoms with Crippen molar-refractivity contribution in [2.24, 2.45) is 0 Å². The number of unbranched alkanes of at least 4 members (excludes halogenated alkanes) is 1. The molecule has 2 aromatic carbocycles. The van der Waals surface area contributed by atoms with Gasteiger partial charge in [0.25, 0.3) is 0 Å². The quantitative estimate of drug-likeness (QED) is 0.629. The molecule has 2 aromatic rings. The maximum absolute atomic E-state index is 5.72. The smallest absolute Gasteiger partial charge is 0.143 e. The SMILES string of the molecule is CCCC[C@]1(CC)CSc2cc(OC)c(N(C)C)cc2C(c2ccccc2)N1. The average Bonchev–Trinajstić information content (AvgIpc) is 2.89. The number of methoxy groups -OCH3 is 1. The summed E-state index contributed by atoms with van der Waals surface area (Å²) in [5.74, 6) is 2.03. The molecule has 3 nitrogen and oxygen atoms in total. The van der Waals surface area contributed by atoms with E-state index in [4.69, 9.17) is 4.74 Å². The van der Waals surface area contributed by atoms with Gasteiger partial charge < -0.3 is 9.64 Å². The Hall–Kier alpha value is -1.65. The Labute approximate surface area is 174 Å². The lowest BCUT2D eigenvalue weighted by Crippen LogP contribution is -2.48. The summed E-state index contributed by atoms with van der Waals surface area (Å²) in [5.41, 5.74) is 3.95. The van der Waals surface area contributed by atoms with Crippen LogP contribution < -0.4 is 15.0 Å².